The van der Waals surface area contributed by atoms with Gasteiger partial charge >= 0.3 is 0 Å². The van der Waals surface area contributed by atoms with Crippen LogP contribution < -0.4 is 4.74 Å². The summed E-state index contributed by atoms with van der Waals surface area (Å²) in [7, 11) is 0. The van der Waals surface area contributed by atoms with Crippen molar-refractivity contribution in [2.45, 2.75) is 25.4 Å². The molecule has 1 aliphatic rings. The standard InChI is InChI=1S/C12H15FO2/c1-12(6-8-14-9-7-12)15-11-4-2-10(13)3-5-11/h2-5H,6-9H2,1H3. The van der Waals surface area contributed by atoms with Crippen molar-refractivity contribution in [1.29, 1.82) is 0 Å². The summed E-state index contributed by atoms with van der Waals surface area (Å²) in [5.74, 6) is 0.486. The SMILES string of the molecule is CC1(Oc2ccc(F)cc2)CCOCC1. The largest absolute Gasteiger partial charge is 0.487 e. The number of benzene rings is 1. The van der Waals surface area contributed by atoms with Gasteiger partial charge in [-0.2, -0.15) is 0 Å². The lowest BCUT2D eigenvalue weighted by molar-refractivity contribution is -0.0343. The second-order valence-electron chi connectivity index (χ2n) is 4.12. The molecular weight excluding hydrogens is 195 g/mol. The molecule has 1 aliphatic heterocycles. The maximum atomic E-state index is 12.7. The van der Waals surface area contributed by atoms with Crippen LogP contribution in [0, 0.1) is 5.82 Å². The Bertz CT molecular complexity index is 315. The van der Waals surface area contributed by atoms with E-state index in [0.29, 0.717) is 0 Å². The molecule has 0 saturated carbocycles. The average molecular weight is 210 g/mol. The van der Waals surface area contributed by atoms with Crippen LogP contribution in [-0.2, 0) is 4.74 Å². The molecule has 1 heterocycles. The molecule has 0 radical (unpaired) electrons. The minimum Gasteiger partial charge on any atom is -0.487 e. The second-order valence-corrected chi connectivity index (χ2v) is 4.12. The van der Waals surface area contributed by atoms with Crippen molar-refractivity contribution in [2.75, 3.05) is 13.2 Å². The van der Waals surface area contributed by atoms with Crippen LogP contribution >= 0.6 is 0 Å². The molecule has 0 aliphatic carbocycles. The molecule has 15 heavy (non-hydrogen) atoms. The summed E-state index contributed by atoms with van der Waals surface area (Å²) < 4.78 is 23.8. The van der Waals surface area contributed by atoms with Crippen molar-refractivity contribution in [1.82, 2.24) is 0 Å². The zero-order valence-corrected chi connectivity index (χ0v) is 8.83. The summed E-state index contributed by atoms with van der Waals surface area (Å²) in [4.78, 5) is 0. The summed E-state index contributed by atoms with van der Waals surface area (Å²) in [6.45, 7) is 3.54. The maximum absolute atomic E-state index is 12.7. The first-order valence-corrected chi connectivity index (χ1v) is 5.20. The summed E-state index contributed by atoms with van der Waals surface area (Å²) in [6, 6.07) is 6.15. The summed E-state index contributed by atoms with van der Waals surface area (Å²) in [6.07, 6.45) is 1.76. The molecule has 1 aromatic rings. The third-order valence-electron chi connectivity index (χ3n) is 2.73. The summed E-state index contributed by atoms with van der Waals surface area (Å²) in [5.41, 5.74) is -0.171. The molecule has 1 fully saturated rings. The van der Waals surface area contributed by atoms with E-state index in [4.69, 9.17) is 9.47 Å². The van der Waals surface area contributed by atoms with Gasteiger partial charge in [-0.15, -0.1) is 0 Å². The Labute approximate surface area is 89.0 Å². The van der Waals surface area contributed by atoms with Gasteiger partial charge in [-0.3, -0.25) is 0 Å². The van der Waals surface area contributed by atoms with E-state index in [1.165, 1.54) is 12.1 Å². The van der Waals surface area contributed by atoms with E-state index in [0.717, 1.165) is 31.8 Å². The van der Waals surface area contributed by atoms with Crippen LogP contribution in [-0.4, -0.2) is 18.8 Å². The zero-order chi connectivity index (χ0) is 10.7. The van der Waals surface area contributed by atoms with E-state index in [9.17, 15) is 4.39 Å². The van der Waals surface area contributed by atoms with Gasteiger partial charge in [0, 0.05) is 12.8 Å². The fraction of sp³-hybridized carbons (Fsp3) is 0.500. The molecule has 2 nitrogen and oxygen atoms in total. The Morgan fingerprint density at radius 1 is 1.20 bits per heavy atom. The zero-order valence-electron chi connectivity index (χ0n) is 8.83. The van der Waals surface area contributed by atoms with Crippen molar-refractivity contribution in [3.8, 4) is 5.75 Å². The quantitative estimate of drug-likeness (QED) is 0.747. The van der Waals surface area contributed by atoms with Crippen molar-refractivity contribution in [3.63, 3.8) is 0 Å². The van der Waals surface area contributed by atoms with E-state index < -0.39 is 0 Å². The highest BCUT2D eigenvalue weighted by Gasteiger charge is 2.29. The molecule has 0 atom stereocenters. The lowest BCUT2D eigenvalue weighted by Gasteiger charge is -2.34. The molecule has 0 bridgehead atoms. The Hall–Kier alpha value is -1.09. The van der Waals surface area contributed by atoms with Gasteiger partial charge in [0.2, 0.25) is 0 Å². The predicted octanol–water partition coefficient (Wildman–Crippen LogP) is 2.77. The first kappa shape index (κ1) is 10.4. The molecule has 0 amide bonds. The van der Waals surface area contributed by atoms with Crippen molar-refractivity contribution >= 4 is 0 Å². The van der Waals surface area contributed by atoms with Crippen LogP contribution in [0.3, 0.4) is 0 Å². The van der Waals surface area contributed by atoms with Crippen LogP contribution in [0.15, 0.2) is 24.3 Å². The minimum absolute atomic E-state index is 0.171. The fourth-order valence-electron chi connectivity index (χ4n) is 1.69. The third kappa shape index (κ3) is 2.69. The van der Waals surface area contributed by atoms with Gasteiger partial charge in [0.15, 0.2) is 0 Å². The van der Waals surface area contributed by atoms with Crippen LogP contribution in [0.5, 0.6) is 5.75 Å². The normalized spacial score (nSPS) is 19.9. The van der Waals surface area contributed by atoms with Gasteiger partial charge in [0.25, 0.3) is 0 Å². The van der Waals surface area contributed by atoms with E-state index in [1.54, 1.807) is 12.1 Å². The van der Waals surface area contributed by atoms with Gasteiger partial charge in [-0.25, -0.2) is 4.39 Å². The topological polar surface area (TPSA) is 18.5 Å². The first-order valence-electron chi connectivity index (χ1n) is 5.20. The van der Waals surface area contributed by atoms with Gasteiger partial charge in [-0.05, 0) is 31.2 Å². The second kappa shape index (κ2) is 4.19. The van der Waals surface area contributed by atoms with Crippen molar-refractivity contribution in [3.05, 3.63) is 30.1 Å². The van der Waals surface area contributed by atoms with Crippen LogP contribution in [0.4, 0.5) is 4.39 Å². The molecule has 1 saturated heterocycles. The molecule has 0 spiro atoms. The lowest BCUT2D eigenvalue weighted by atomic mass is 9.97. The summed E-state index contributed by atoms with van der Waals surface area (Å²) in [5, 5.41) is 0. The molecule has 82 valence electrons. The number of hydrogen-bond donors (Lipinski definition) is 0. The summed E-state index contributed by atoms with van der Waals surface area (Å²) >= 11 is 0. The number of ether oxygens (including phenoxy) is 2. The molecule has 3 heteroatoms. The number of rotatable bonds is 2. The van der Waals surface area contributed by atoms with Crippen LogP contribution in [0.1, 0.15) is 19.8 Å². The fourth-order valence-corrected chi connectivity index (χ4v) is 1.69. The maximum Gasteiger partial charge on any atom is 0.123 e. The van der Waals surface area contributed by atoms with E-state index in [-0.39, 0.29) is 11.4 Å². The Kier molecular flexibility index (Phi) is 2.91. The molecule has 1 aromatic carbocycles. The number of hydrogen-bond acceptors (Lipinski definition) is 2. The highest BCUT2D eigenvalue weighted by atomic mass is 19.1. The third-order valence-corrected chi connectivity index (χ3v) is 2.73. The van der Waals surface area contributed by atoms with Gasteiger partial charge in [-0.1, -0.05) is 0 Å². The Morgan fingerprint density at radius 2 is 1.80 bits per heavy atom. The lowest BCUT2D eigenvalue weighted by Crippen LogP contribution is -2.38. The van der Waals surface area contributed by atoms with Crippen molar-refractivity contribution < 1.29 is 13.9 Å². The highest BCUT2D eigenvalue weighted by Crippen LogP contribution is 2.27. The van der Waals surface area contributed by atoms with E-state index >= 15 is 0 Å². The molecule has 2 rings (SSSR count). The van der Waals surface area contributed by atoms with E-state index in [2.05, 4.69) is 6.92 Å². The first-order chi connectivity index (χ1) is 7.18. The van der Waals surface area contributed by atoms with Crippen molar-refractivity contribution in [2.24, 2.45) is 0 Å². The smallest absolute Gasteiger partial charge is 0.123 e. The Morgan fingerprint density at radius 3 is 2.40 bits per heavy atom. The monoisotopic (exact) mass is 210 g/mol. The Balaban J connectivity index is 2.03. The van der Waals surface area contributed by atoms with Crippen LogP contribution in [0.2, 0.25) is 0 Å². The highest BCUT2D eigenvalue weighted by molar-refractivity contribution is 5.23. The average Bonchev–Trinajstić information content (AvgIpc) is 2.22. The predicted molar refractivity (Wildman–Crippen MR) is 55.5 cm³/mol. The minimum atomic E-state index is -0.237. The molecular formula is C12H15FO2. The van der Waals surface area contributed by atoms with E-state index in [1.807, 2.05) is 0 Å². The van der Waals surface area contributed by atoms with Gasteiger partial charge in [0.05, 0.1) is 13.2 Å². The van der Waals surface area contributed by atoms with Gasteiger partial charge in [0.1, 0.15) is 17.2 Å². The molecule has 0 unspecified atom stereocenters. The number of halogens is 1. The molecule has 0 N–H and O–H groups in total. The van der Waals surface area contributed by atoms with Crippen LogP contribution in [0.25, 0.3) is 0 Å². The molecule has 0 aromatic heterocycles. The van der Waals surface area contributed by atoms with Gasteiger partial charge < -0.3 is 9.47 Å².